The Kier molecular flexibility index (Phi) is 6.62. The summed E-state index contributed by atoms with van der Waals surface area (Å²) >= 11 is 0. The van der Waals surface area contributed by atoms with Crippen LogP contribution in [-0.4, -0.2) is 47.3 Å². The quantitative estimate of drug-likeness (QED) is 0.387. The number of pyridine rings is 1. The first kappa shape index (κ1) is 27.0. The third kappa shape index (κ3) is 5.02. The van der Waals surface area contributed by atoms with Gasteiger partial charge < -0.3 is 20.1 Å². The van der Waals surface area contributed by atoms with Gasteiger partial charge in [-0.3, -0.25) is 19.0 Å². The van der Waals surface area contributed by atoms with Gasteiger partial charge in [0.15, 0.2) is 0 Å². The van der Waals surface area contributed by atoms with E-state index in [9.17, 15) is 37.1 Å². The molecule has 4 rings (SSSR count). The number of alkyl halides is 3. The molecule has 12 heteroatoms. The van der Waals surface area contributed by atoms with Crippen molar-refractivity contribution < 1.29 is 37.0 Å². The topological polar surface area (TPSA) is 101 Å². The van der Waals surface area contributed by atoms with Crippen molar-refractivity contribution in [2.45, 2.75) is 38.6 Å². The summed E-state index contributed by atoms with van der Waals surface area (Å²) in [5.41, 5.74) is -2.72. The molecule has 1 unspecified atom stereocenters. The molecule has 1 atom stereocenters. The standard InChI is InChI=1S/C26H25F4N3O5/c1-25(2,3)38-19(34)11-31-23(36)20-22(35)16-9-15(27)10-17-21(16)33(24(20)37)18(12-32(17)4)13-5-7-14(8-6-13)26(28,29)30/h5-10,18,35H,11-12H2,1-4H3,(H,31,36). The lowest BCUT2D eigenvalue weighted by molar-refractivity contribution is -0.153. The van der Waals surface area contributed by atoms with Crippen molar-refractivity contribution in [1.82, 2.24) is 9.88 Å². The number of esters is 1. The van der Waals surface area contributed by atoms with E-state index >= 15 is 0 Å². The Bertz CT molecular complexity index is 1490. The molecule has 0 fully saturated rings. The minimum absolute atomic E-state index is 0.0561. The van der Waals surface area contributed by atoms with E-state index < -0.39 is 64.5 Å². The maximum atomic E-state index is 14.5. The number of carbonyl (C=O) groups is 2. The fraction of sp³-hybridized carbons (Fsp3) is 0.346. The number of hydrogen-bond donors (Lipinski definition) is 2. The number of likely N-dealkylation sites (N-methyl/N-ethyl adjacent to an activating group) is 1. The molecule has 0 bridgehead atoms. The summed E-state index contributed by atoms with van der Waals surface area (Å²) in [6, 6.07) is 5.44. The number of aromatic hydroxyl groups is 1. The predicted molar refractivity (Wildman–Crippen MR) is 131 cm³/mol. The van der Waals surface area contributed by atoms with Gasteiger partial charge in [0.25, 0.3) is 11.5 Å². The molecule has 0 aliphatic carbocycles. The Morgan fingerprint density at radius 2 is 1.76 bits per heavy atom. The van der Waals surface area contributed by atoms with Crippen LogP contribution in [0.1, 0.15) is 48.3 Å². The number of benzene rings is 2. The predicted octanol–water partition coefficient (Wildman–Crippen LogP) is 3.98. The van der Waals surface area contributed by atoms with E-state index in [1.807, 2.05) is 0 Å². The highest BCUT2D eigenvalue weighted by atomic mass is 19.4. The lowest BCUT2D eigenvalue weighted by atomic mass is 9.98. The number of amides is 1. The van der Waals surface area contributed by atoms with Gasteiger partial charge in [-0.25, -0.2) is 4.39 Å². The highest BCUT2D eigenvalue weighted by Gasteiger charge is 2.34. The van der Waals surface area contributed by atoms with Crippen LogP contribution in [0.2, 0.25) is 0 Å². The Morgan fingerprint density at radius 3 is 2.34 bits per heavy atom. The largest absolute Gasteiger partial charge is 0.506 e. The molecular formula is C26H25F4N3O5. The van der Waals surface area contributed by atoms with Gasteiger partial charge >= 0.3 is 12.1 Å². The summed E-state index contributed by atoms with van der Waals surface area (Å²) in [5.74, 6) is -3.41. The van der Waals surface area contributed by atoms with Gasteiger partial charge in [0.2, 0.25) is 0 Å². The van der Waals surface area contributed by atoms with Gasteiger partial charge in [0.05, 0.1) is 22.8 Å². The van der Waals surface area contributed by atoms with E-state index in [0.717, 1.165) is 28.8 Å². The molecule has 2 heterocycles. The van der Waals surface area contributed by atoms with Crippen molar-refractivity contribution in [3.63, 3.8) is 0 Å². The van der Waals surface area contributed by atoms with Gasteiger partial charge in [-0.1, -0.05) is 12.1 Å². The zero-order chi connectivity index (χ0) is 28.2. The molecular weight excluding hydrogens is 510 g/mol. The van der Waals surface area contributed by atoms with E-state index in [4.69, 9.17) is 4.74 Å². The normalized spacial score (nSPS) is 15.5. The monoisotopic (exact) mass is 535 g/mol. The maximum Gasteiger partial charge on any atom is 0.416 e. The molecule has 0 spiro atoms. The lowest BCUT2D eigenvalue weighted by Gasteiger charge is -2.36. The van der Waals surface area contributed by atoms with Crippen molar-refractivity contribution in [3.8, 4) is 5.75 Å². The van der Waals surface area contributed by atoms with Crippen LogP contribution in [0.4, 0.5) is 23.2 Å². The SMILES string of the molecule is CN1CC(c2ccc(C(F)(F)F)cc2)n2c(=O)c(C(=O)NCC(=O)OC(C)(C)C)c(O)c3cc(F)cc1c32. The van der Waals surface area contributed by atoms with Gasteiger partial charge in [0.1, 0.15) is 29.3 Å². The zero-order valence-electron chi connectivity index (χ0n) is 20.9. The van der Waals surface area contributed by atoms with Crippen LogP contribution >= 0.6 is 0 Å². The minimum Gasteiger partial charge on any atom is -0.506 e. The zero-order valence-corrected chi connectivity index (χ0v) is 20.9. The van der Waals surface area contributed by atoms with Crippen LogP contribution in [0.5, 0.6) is 5.75 Å². The molecule has 1 amide bonds. The molecule has 8 nitrogen and oxygen atoms in total. The molecule has 2 aromatic carbocycles. The Labute approximate surface area is 214 Å². The van der Waals surface area contributed by atoms with Crippen LogP contribution in [0.25, 0.3) is 10.9 Å². The molecule has 1 aliphatic heterocycles. The van der Waals surface area contributed by atoms with Crippen molar-refractivity contribution in [2.75, 3.05) is 25.0 Å². The number of halogens is 4. The van der Waals surface area contributed by atoms with E-state index in [1.165, 1.54) is 12.1 Å². The third-order valence-electron chi connectivity index (χ3n) is 6.05. The third-order valence-corrected chi connectivity index (χ3v) is 6.05. The molecule has 38 heavy (non-hydrogen) atoms. The van der Waals surface area contributed by atoms with Gasteiger partial charge in [-0.2, -0.15) is 13.2 Å². The smallest absolute Gasteiger partial charge is 0.416 e. The highest BCUT2D eigenvalue weighted by Crippen LogP contribution is 2.40. The lowest BCUT2D eigenvalue weighted by Crippen LogP contribution is -2.42. The van der Waals surface area contributed by atoms with Crippen LogP contribution < -0.4 is 15.8 Å². The number of hydrogen-bond acceptors (Lipinski definition) is 6. The summed E-state index contributed by atoms with van der Waals surface area (Å²) in [6.45, 7) is 4.34. The molecule has 3 aromatic rings. The summed E-state index contributed by atoms with van der Waals surface area (Å²) < 4.78 is 60.1. The summed E-state index contributed by atoms with van der Waals surface area (Å²) in [5, 5.41) is 13.0. The molecule has 0 radical (unpaired) electrons. The summed E-state index contributed by atoms with van der Waals surface area (Å²) in [4.78, 5) is 40.3. The number of aromatic nitrogens is 1. The molecule has 2 N–H and O–H groups in total. The Morgan fingerprint density at radius 1 is 1.13 bits per heavy atom. The second kappa shape index (κ2) is 9.34. The first-order valence-electron chi connectivity index (χ1n) is 11.6. The van der Waals surface area contributed by atoms with Crippen molar-refractivity contribution in [3.05, 3.63) is 69.3 Å². The van der Waals surface area contributed by atoms with Crippen LogP contribution in [0.15, 0.2) is 41.2 Å². The van der Waals surface area contributed by atoms with Crippen LogP contribution in [0, 0.1) is 5.82 Å². The minimum atomic E-state index is -4.56. The summed E-state index contributed by atoms with van der Waals surface area (Å²) in [7, 11) is 1.61. The van der Waals surface area contributed by atoms with E-state index in [0.29, 0.717) is 5.56 Å². The van der Waals surface area contributed by atoms with Gasteiger partial charge in [-0.15, -0.1) is 0 Å². The molecule has 0 saturated heterocycles. The van der Waals surface area contributed by atoms with E-state index in [2.05, 4.69) is 5.32 Å². The Hall–Kier alpha value is -4.09. The number of nitrogens with zero attached hydrogens (tertiary/aromatic N) is 2. The van der Waals surface area contributed by atoms with Gasteiger partial charge in [0, 0.05) is 19.0 Å². The second-order valence-electron chi connectivity index (χ2n) is 10.0. The number of rotatable bonds is 4. The first-order chi connectivity index (χ1) is 17.6. The number of nitrogens with one attached hydrogen (secondary N) is 1. The number of ether oxygens (including phenoxy) is 1. The average molecular weight is 535 g/mol. The first-order valence-corrected chi connectivity index (χ1v) is 11.6. The van der Waals surface area contributed by atoms with E-state index in [-0.39, 0.29) is 23.1 Å². The number of anilines is 1. The molecule has 202 valence electrons. The average Bonchev–Trinajstić information content (AvgIpc) is 2.80. The summed E-state index contributed by atoms with van der Waals surface area (Å²) in [6.07, 6.45) is -4.56. The molecule has 0 saturated carbocycles. The van der Waals surface area contributed by atoms with E-state index in [1.54, 1.807) is 32.7 Å². The fourth-order valence-corrected chi connectivity index (χ4v) is 4.48. The molecule has 1 aliphatic rings. The maximum absolute atomic E-state index is 14.5. The fourth-order valence-electron chi connectivity index (χ4n) is 4.48. The van der Waals surface area contributed by atoms with Gasteiger partial charge in [-0.05, 0) is 50.6 Å². The second-order valence-corrected chi connectivity index (χ2v) is 10.0. The van der Waals surface area contributed by atoms with Crippen molar-refractivity contribution >= 4 is 28.5 Å². The van der Waals surface area contributed by atoms with Crippen LogP contribution in [-0.2, 0) is 15.7 Å². The molecule has 1 aromatic heterocycles. The highest BCUT2D eigenvalue weighted by molar-refractivity contribution is 6.06. The van der Waals surface area contributed by atoms with Crippen molar-refractivity contribution in [1.29, 1.82) is 0 Å². The number of carbonyl (C=O) groups excluding carboxylic acids is 2. The van der Waals surface area contributed by atoms with Crippen LogP contribution in [0.3, 0.4) is 0 Å². The van der Waals surface area contributed by atoms with Crippen molar-refractivity contribution in [2.24, 2.45) is 0 Å². The Balaban J connectivity index is 1.86.